The molecule has 0 bridgehead atoms. The summed E-state index contributed by atoms with van der Waals surface area (Å²) in [5.74, 6) is 0.531. The van der Waals surface area contributed by atoms with Crippen molar-refractivity contribution >= 4 is 11.7 Å². The molecule has 1 heterocycles. The van der Waals surface area contributed by atoms with Gasteiger partial charge in [0.2, 0.25) is 5.76 Å². The highest BCUT2D eigenvalue weighted by Crippen LogP contribution is 2.41. The molecular weight excluding hydrogens is 230 g/mol. The predicted octanol–water partition coefficient (Wildman–Crippen LogP) is 2.37. The number of methoxy groups -OCH3 is 1. The first-order valence-corrected chi connectivity index (χ1v) is 6.06. The van der Waals surface area contributed by atoms with Gasteiger partial charge in [0, 0.05) is 6.04 Å². The highest BCUT2D eigenvalue weighted by molar-refractivity contribution is 5.89. The van der Waals surface area contributed by atoms with E-state index in [4.69, 9.17) is 9.47 Å². The van der Waals surface area contributed by atoms with E-state index >= 15 is 0 Å². The second-order valence-electron chi connectivity index (χ2n) is 4.70. The fraction of sp³-hybridized carbons (Fsp3) is 0.357. The van der Waals surface area contributed by atoms with Crippen LogP contribution in [-0.2, 0) is 9.53 Å². The van der Waals surface area contributed by atoms with Gasteiger partial charge in [0.25, 0.3) is 0 Å². The molecule has 1 aliphatic heterocycles. The van der Waals surface area contributed by atoms with Crippen LogP contribution >= 0.6 is 0 Å². The topological polar surface area (TPSA) is 38.8 Å². The van der Waals surface area contributed by atoms with Crippen LogP contribution in [0.25, 0.3) is 0 Å². The molecule has 0 unspecified atom stereocenters. The molecule has 0 atom stereocenters. The molecule has 4 nitrogen and oxygen atoms in total. The van der Waals surface area contributed by atoms with Crippen molar-refractivity contribution in [2.24, 2.45) is 0 Å². The Morgan fingerprint density at radius 1 is 1.44 bits per heavy atom. The smallest absolute Gasteiger partial charge is 0.375 e. The minimum Gasteiger partial charge on any atom is -0.463 e. The van der Waals surface area contributed by atoms with Gasteiger partial charge in [0.05, 0.1) is 19.0 Å². The number of hydrogen-bond acceptors (Lipinski definition) is 4. The Kier molecular flexibility index (Phi) is 2.51. The Labute approximate surface area is 106 Å². The zero-order chi connectivity index (χ0) is 12.7. The molecule has 0 N–H and O–H groups in total. The minimum absolute atomic E-state index is 0.251. The lowest BCUT2D eigenvalue weighted by Crippen LogP contribution is -2.27. The second kappa shape index (κ2) is 4.05. The summed E-state index contributed by atoms with van der Waals surface area (Å²) in [7, 11) is 1.36. The molecule has 0 saturated heterocycles. The summed E-state index contributed by atoms with van der Waals surface area (Å²) in [6.07, 6.45) is 4.06. The molecule has 0 aromatic heterocycles. The van der Waals surface area contributed by atoms with Gasteiger partial charge in [-0.1, -0.05) is 6.07 Å². The zero-order valence-corrected chi connectivity index (χ0v) is 10.5. The maximum atomic E-state index is 11.6. The van der Waals surface area contributed by atoms with E-state index in [9.17, 15) is 4.79 Å². The molecule has 94 valence electrons. The summed E-state index contributed by atoms with van der Waals surface area (Å²) in [5.41, 5.74) is 2.21. The maximum absolute atomic E-state index is 11.6. The first-order chi connectivity index (χ1) is 8.69. The fourth-order valence-electron chi connectivity index (χ4n) is 2.11. The molecule has 1 aromatic rings. The number of nitrogens with zero attached hydrogens (tertiary/aromatic N) is 1. The van der Waals surface area contributed by atoms with Gasteiger partial charge in [-0.25, -0.2) is 4.79 Å². The molecule has 1 fully saturated rings. The van der Waals surface area contributed by atoms with Crippen molar-refractivity contribution in [1.82, 2.24) is 0 Å². The van der Waals surface area contributed by atoms with Crippen LogP contribution in [0, 0.1) is 6.92 Å². The molecular formula is C14H15NO3. The van der Waals surface area contributed by atoms with E-state index in [-0.39, 0.29) is 5.76 Å². The molecule has 0 spiro atoms. The lowest BCUT2D eigenvalue weighted by molar-refractivity contribution is -0.138. The van der Waals surface area contributed by atoms with E-state index in [1.165, 1.54) is 12.7 Å². The number of fused-ring (bicyclic) bond motifs is 1. The fourth-order valence-corrected chi connectivity index (χ4v) is 2.11. The lowest BCUT2D eigenvalue weighted by atomic mass is 10.1. The number of esters is 1. The van der Waals surface area contributed by atoms with Gasteiger partial charge >= 0.3 is 5.97 Å². The largest absolute Gasteiger partial charge is 0.463 e. The summed E-state index contributed by atoms with van der Waals surface area (Å²) in [5, 5.41) is 0. The second-order valence-corrected chi connectivity index (χ2v) is 4.70. The predicted molar refractivity (Wildman–Crippen MR) is 67.4 cm³/mol. The summed E-state index contributed by atoms with van der Waals surface area (Å²) >= 11 is 0. The molecule has 1 aromatic carbocycles. The lowest BCUT2D eigenvalue weighted by Gasteiger charge is -2.28. The zero-order valence-electron chi connectivity index (χ0n) is 10.5. The number of hydrogen-bond donors (Lipinski definition) is 0. The third-order valence-electron chi connectivity index (χ3n) is 3.20. The Bertz CT molecular complexity index is 532. The molecule has 4 heteroatoms. The third kappa shape index (κ3) is 1.83. The first kappa shape index (κ1) is 11.1. The third-order valence-corrected chi connectivity index (χ3v) is 3.20. The highest BCUT2D eigenvalue weighted by Gasteiger charge is 2.34. The van der Waals surface area contributed by atoms with Crippen molar-refractivity contribution < 1.29 is 14.3 Å². The quantitative estimate of drug-likeness (QED) is 0.750. The van der Waals surface area contributed by atoms with Crippen LogP contribution in [-0.4, -0.2) is 19.1 Å². The van der Waals surface area contributed by atoms with E-state index < -0.39 is 5.97 Å². The molecule has 2 aliphatic rings. The van der Waals surface area contributed by atoms with Crippen LogP contribution in [0.2, 0.25) is 0 Å². The molecule has 3 rings (SSSR count). The van der Waals surface area contributed by atoms with Gasteiger partial charge < -0.3 is 14.4 Å². The van der Waals surface area contributed by atoms with Crippen molar-refractivity contribution in [3.8, 4) is 5.75 Å². The van der Waals surface area contributed by atoms with Gasteiger partial charge in [-0.15, -0.1) is 0 Å². The number of benzene rings is 1. The van der Waals surface area contributed by atoms with E-state index in [0.717, 1.165) is 24.3 Å². The standard InChI is InChI=1S/C14H15NO3/c1-9-3-6-12-11(7-9)15(10-4-5-10)8-13(18-12)14(16)17-2/h3,6-8,10H,4-5H2,1-2H3. The Balaban J connectivity index is 2.02. The maximum Gasteiger partial charge on any atom is 0.375 e. The highest BCUT2D eigenvalue weighted by atomic mass is 16.6. The van der Waals surface area contributed by atoms with Crippen LogP contribution in [0.4, 0.5) is 5.69 Å². The van der Waals surface area contributed by atoms with E-state index in [1.54, 1.807) is 6.20 Å². The summed E-state index contributed by atoms with van der Waals surface area (Å²) < 4.78 is 10.3. The summed E-state index contributed by atoms with van der Waals surface area (Å²) in [6, 6.07) is 6.44. The summed E-state index contributed by atoms with van der Waals surface area (Å²) in [4.78, 5) is 13.7. The molecule has 1 saturated carbocycles. The van der Waals surface area contributed by atoms with Crippen molar-refractivity contribution in [3.05, 3.63) is 35.7 Å². The van der Waals surface area contributed by atoms with Crippen LogP contribution in [0.3, 0.4) is 0 Å². The molecule has 0 amide bonds. The van der Waals surface area contributed by atoms with Crippen LogP contribution in [0.15, 0.2) is 30.2 Å². The van der Waals surface area contributed by atoms with Crippen LogP contribution < -0.4 is 9.64 Å². The Morgan fingerprint density at radius 3 is 2.89 bits per heavy atom. The number of ether oxygens (including phenoxy) is 2. The number of carbonyl (C=O) groups excluding carboxylic acids is 1. The van der Waals surface area contributed by atoms with Crippen molar-refractivity contribution in [2.75, 3.05) is 12.0 Å². The van der Waals surface area contributed by atoms with E-state index in [1.807, 2.05) is 19.1 Å². The SMILES string of the molecule is COC(=O)C1=CN(C2CC2)c2cc(C)ccc2O1. The van der Waals surface area contributed by atoms with Gasteiger partial charge in [-0.2, -0.15) is 0 Å². The van der Waals surface area contributed by atoms with Gasteiger partial charge in [-0.05, 0) is 37.5 Å². The van der Waals surface area contributed by atoms with E-state index in [2.05, 4.69) is 11.0 Å². The van der Waals surface area contributed by atoms with Crippen LogP contribution in [0.1, 0.15) is 18.4 Å². The minimum atomic E-state index is -0.438. The Morgan fingerprint density at radius 2 is 2.22 bits per heavy atom. The van der Waals surface area contributed by atoms with Gasteiger partial charge in [0.1, 0.15) is 0 Å². The number of aryl methyl sites for hydroxylation is 1. The first-order valence-electron chi connectivity index (χ1n) is 6.06. The molecule has 18 heavy (non-hydrogen) atoms. The molecule has 0 radical (unpaired) electrons. The average Bonchev–Trinajstić information content (AvgIpc) is 3.21. The van der Waals surface area contributed by atoms with E-state index in [0.29, 0.717) is 6.04 Å². The molecule has 1 aliphatic carbocycles. The van der Waals surface area contributed by atoms with Crippen LogP contribution in [0.5, 0.6) is 5.75 Å². The van der Waals surface area contributed by atoms with Gasteiger partial charge in [-0.3, -0.25) is 0 Å². The normalized spacial score (nSPS) is 17.7. The van der Waals surface area contributed by atoms with Crippen molar-refractivity contribution in [1.29, 1.82) is 0 Å². The number of carbonyl (C=O) groups is 1. The van der Waals surface area contributed by atoms with Crippen molar-refractivity contribution in [3.63, 3.8) is 0 Å². The monoisotopic (exact) mass is 245 g/mol. The van der Waals surface area contributed by atoms with Crippen molar-refractivity contribution in [2.45, 2.75) is 25.8 Å². The number of anilines is 1. The number of rotatable bonds is 2. The van der Waals surface area contributed by atoms with Gasteiger partial charge in [0.15, 0.2) is 5.75 Å². The Hall–Kier alpha value is -1.97. The average molecular weight is 245 g/mol. The summed E-state index contributed by atoms with van der Waals surface area (Å²) in [6.45, 7) is 2.05.